The van der Waals surface area contributed by atoms with Crippen LogP contribution >= 0.6 is 0 Å². The Balaban J connectivity index is 1.77. The largest absolute Gasteiger partial charge is 0.508 e. The monoisotopic (exact) mass is 406 g/mol. The number of hydrogen-bond acceptors (Lipinski definition) is 7. The Bertz CT molecular complexity index is 1310. The molecule has 1 aliphatic rings. The Kier molecular flexibility index (Phi) is 3.98. The van der Waals surface area contributed by atoms with Gasteiger partial charge in [0.05, 0.1) is 30.6 Å². The molecule has 1 atom stereocenters. The van der Waals surface area contributed by atoms with Crippen LogP contribution < -0.4 is 10.6 Å². The molecule has 3 N–H and O–H groups in total. The molecular formula is C20H15FN6O3. The van der Waals surface area contributed by atoms with E-state index in [-0.39, 0.29) is 11.7 Å². The molecule has 5 rings (SSSR count). The van der Waals surface area contributed by atoms with Crippen LogP contribution in [-0.4, -0.2) is 37.9 Å². The molecule has 150 valence electrons. The topological polar surface area (TPSA) is 114 Å². The lowest BCUT2D eigenvalue weighted by molar-refractivity contribution is 0.186. The van der Waals surface area contributed by atoms with E-state index in [2.05, 4.69) is 30.4 Å². The number of fused-ring (bicyclic) bond motifs is 2. The highest BCUT2D eigenvalue weighted by Gasteiger charge is 2.29. The first-order valence-electron chi connectivity index (χ1n) is 8.98. The van der Waals surface area contributed by atoms with Crippen LogP contribution in [-0.2, 0) is 4.74 Å². The first-order valence-corrected chi connectivity index (χ1v) is 8.98. The molecule has 4 aromatic rings. The summed E-state index contributed by atoms with van der Waals surface area (Å²) in [4.78, 5) is 20.3. The number of nitrogens with one attached hydrogen (secondary N) is 2. The van der Waals surface area contributed by atoms with Crippen molar-refractivity contribution in [3.63, 3.8) is 0 Å². The Labute approximate surface area is 169 Å². The van der Waals surface area contributed by atoms with Crippen molar-refractivity contribution in [1.82, 2.24) is 19.6 Å². The molecule has 30 heavy (non-hydrogen) atoms. The Morgan fingerprint density at radius 1 is 1.30 bits per heavy atom. The van der Waals surface area contributed by atoms with Gasteiger partial charge in [-0.25, -0.2) is 18.7 Å². The average Bonchev–Trinajstić information content (AvgIpc) is 3.10. The lowest BCUT2D eigenvalue weighted by Crippen LogP contribution is -2.15. The van der Waals surface area contributed by atoms with Crippen molar-refractivity contribution in [2.45, 2.75) is 6.04 Å². The summed E-state index contributed by atoms with van der Waals surface area (Å²) in [7, 11) is 1.25. The van der Waals surface area contributed by atoms with Gasteiger partial charge in [0.15, 0.2) is 0 Å². The maximum Gasteiger partial charge on any atom is 0.413 e. The number of nitrogens with zero attached hydrogens (tertiary/aromatic N) is 4. The number of anilines is 2. The summed E-state index contributed by atoms with van der Waals surface area (Å²) in [6.07, 6.45) is 4.26. The van der Waals surface area contributed by atoms with Crippen molar-refractivity contribution < 1.29 is 19.0 Å². The smallest absolute Gasteiger partial charge is 0.413 e. The predicted octanol–water partition coefficient (Wildman–Crippen LogP) is 3.33. The lowest BCUT2D eigenvalue weighted by Gasteiger charge is -2.19. The van der Waals surface area contributed by atoms with Crippen molar-refractivity contribution in [2.75, 3.05) is 17.7 Å². The number of carbonyl (C=O) groups excluding carboxylic acids is 1. The van der Waals surface area contributed by atoms with E-state index in [9.17, 15) is 14.3 Å². The number of ether oxygens (including phenoxy) is 1. The molecule has 3 aromatic heterocycles. The predicted molar refractivity (Wildman–Crippen MR) is 106 cm³/mol. The number of carbonyl (C=O) groups is 1. The minimum atomic E-state index is -0.695. The van der Waals surface area contributed by atoms with Gasteiger partial charge in [-0.2, -0.15) is 0 Å². The number of methoxy groups -OCH3 is 1. The highest BCUT2D eigenvalue weighted by atomic mass is 19.1. The van der Waals surface area contributed by atoms with Crippen molar-refractivity contribution in [2.24, 2.45) is 0 Å². The molecule has 0 saturated heterocycles. The van der Waals surface area contributed by atoms with Gasteiger partial charge in [-0.05, 0) is 18.2 Å². The molecule has 0 saturated carbocycles. The van der Waals surface area contributed by atoms with Gasteiger partial charge in [-0.1, -0.05) is 6.07 Å². The fraction of sp³-hybridized carbons (Fsp3) is 0.100. The van der Waals surface area contributed by atoms with Crippen molar-refractivity contribution >= 4 is 23.2 Å². The van der Waals surface area contributed by atoms with Crippen LogP contribution in [0.1, 0.15) is 17.2 Å². The minimum absolute atomic E-state index is 0.0588. The minimum Gasteiger partial charge on any atom is -0.508 e. The Hall–Kier alpha value is -4.21. The lowest BCUT2D eigenvalue weighted by atomic mass is 9.99. The SMILES string of the molecule is COC(=O)Nc1nc2c3c(ccn3n1)C(c1ccc(O)cc1F)Nc1cnccc1-2. The third-order valence-electron chi connectivity index (χ3n) is 4.92. The molecule has 1 aliphatic heterocycles. The van der Waals surface area contributed by atoms with Crippen LogP contribution in [0.25, 0.3) is 16.8 Å². The number of pyridine rings is 1. The van der Waals surface area contributed by atoms with Crippen molar-refractivity contribution in [3.8, 4) is 17.0 Å². The highest BCUT2D eigenvalue weighted by Crippen LogP contribution is 2.42. The quantitative estimate of drug-likeness (QED) is 0.468. The normalized spacial score (nSPS) is 14.5. The Morgan fingerprint density at radius 3 is 2.97 bits per heavy atom. The van der Waals surface area contributed by atoms with E-state index in [1.807, 2.05) is 0 Å². The maximum absolute atomic E-state index is 14.7. The number of hydrogen-bond donors (Lipinski definition) is 3. The second-order valence-electron chi connectivity index (χ2n) is 6.67. The van der Waals surface area contributed by atoms with Crippen LogP contribution in [0.4, 0.5) is 20.8 Å². The Morgan fingerprint density at radius 2 is 2.17 bits per heavy atom. The zero-order valence-electron chi connectivity index (χ0n) is 15.6. The molecule has 10 heteroatoms. The third kappa shape index (κ3) is 2.77. The third-order valence-corrected chi connectivity index (χ3v) is 4.92. The van der Waals surface area contributed by atoms with Gasteiger partial charge in [-0.3, -0.25) is 10.3 Å². The van der Waals surface area contributed by atoms with Gasteiger partial charge in [0.25, 0.3) is 5.95 Å². The first kappa shape index (κ1) is 17.9. The summed E-state index contributed by atoms with van der Waals surface area (Å²) in [5.74, 6) is -0.648. The number of phenolic OH excluding ortho intramolecular Hbond substituents is 1. The number of phenols is 1. The highest BCUT2D eigenvalue weighted by molar-refractivity contribution is 5.91. The summed E-state index contributed by atoms with van der Waals surface area (Å²) in [6.45, 7) is 0. The summed E-state index contributed by atoms with van der Waals surface area (Å²) in [5, 5.41) is 19.7. The summed E-state index contributed by atoms with van der Waals surface area (Å²) >= 11 is 0. The number of benzene rings is 1. The van der Waals surface area contributed by atoms with E-state index < -0.39 is 18.0 Å². The molecule has 0 radical (unpaired) electrons. The number of amides is 1. The fourth-order valence-electron chi connectivity index (χ4n) is 3.61. The van der Waals surface area contributed by atoms with Gasteiger partial charge in [0.1, 0.15) is 17.3 Å². The number of aromatic hydroxyl groups is 1. The molecule has 9 nitrogen and oxygen atoms in total. The molecule has 1 aromatic carbocycles. The molecule has 1 unspecified atom stereocenters. The maximum atomic E-state index is 14.7. The molecule has 0 bridgehead atoms. The second kappa shape index (κ2) is 6.69. The number of aromatic nitrogens is 4. The van der Waals surface area contributed by atoms with E-state index >= 15 is 0 Å². The summed E-state index contributed by atoms with van der Waals surface area (Å²) in [6, 6.07) is 7.03. The molecule has 4 heterocycles. The van der Waals surface area contributed by atoms with Crippen LogP contribution in [0.5, 0.6) is 5.75 Å². The number of rotatable bonds is 2. The van der Waals surface area contributed by atoms with E-state index in [0.29, 0.717) is 28.0 Å². The van der Waals surface area contributed by atoms with Gasteiger partial charge in [0.2, 0.25) is 0 Å². The van der Waals surface area contributed by atoms with Gasteiger partial charge in [-0.15, -0.1) is 5.10 Å². The fourth-order valence-corrected chi connectivity index (χ4v) is 3.61. The standard InChI is InChI=1S/C20H15FN6O3/c1-30-20(29)25-19-24-17-12-4-6-22-9-15(12)23-16(11-3-2-10(28)8-14(11)21)13-5-7-27(26-19)18(13)17/h2-9,16,23,28H,1H3,(H,25,26,29). The van der Waals surface area contributed by atoms with Crippen molar-refractivity contribution in [1.29, 1.82) is 0 Å². The average molecular weight is 406 g/mol. The zero-order chi connectivity index (χ0) is 20.8. The summed E-state index contributed by atoms with van der Waals surface area (Å²) in [5.41, 5.74) is 3.63. The molecule has 1 amide bonds. The van der Waals surface area contributed by atoms with Crippen LogP contribution in [0, 0.1) is 5.82 Å². The van der Waals surface area contributed by atoms with Crippen LogP contribution in [0.3, 0.4) is 0 Å². The van der Waals surface area contributed by atoms with E-state index in [1.165, 1.54) is 19.2 Å². The number of halogens is 1. The van der Waals surface area contributed by atoms with E-state index in [1.54, 1.807) is 35.2 Å². The van der Waals surface area contributed by atoms with Gasteiger partial charge in [0, 0.05) is 35.2 Å². The molecule has 0 fully saturated rings. The zero-order valence-corrected chi connectivity index (χ0v) is 15.6. The van der Waals surface area contributed by atoms with Crippen LogP contribution in [0.15, 0.2) is 48.9 Å². The van der Waals surface area contributed by atoms with Gasteiger partial charge < -0.3 is 15.2 Å². The second-order valence-corrected chi connectivity index (χ2v) is 6.67. The van der Waals surface area contributed by atoms with E-state index in [0.717, 1.165) is 11.6 Å². The van der Waals surface area contributed by atoms with Crippen LogP contribution in [0.2, 0.25) is 0 Å². The first-order chi connectivity index (χ1) is 14.5. The molecule has 0 spiro atoms. The summed E-state index contributed by atoms with van der Waals surface area (Å²) < 4.78 is 20.9. The van der Waals surface area contributed by atoms with E-state index in [4.69, 9.17) is 0 Å². The molecular weight excluding hydrogens is 391 g/mol. The molecule has 0 aliphatic carbocycles. The van der Waals surface area contributed by atoms with Crippen molar-refractivity contribution in [3.05, 3.63) is 65.9 Å². The van der Waals surface area contributed by atoms with Gasteiger partial charge >= 0.3 is 6.09 Å².